The lowest BCUT2D eigenvalue weighted by Crippen LogP contribution is -2.22. The van der Waals surface area contributed by atoms with Gasteiger partial charge in [0.15, 0.2) is 0 Å². The number of carbonyl (C=O) groups is 1. The molecule has 2 aromatic rings. The van der Waals surface area contributed by atoms with E-state index in [0.29, 0.717) is 22.8 Å². The predicted molar refractivity (Wildman–Crippen MR) is 102 cm³/mol. The van der Waals surface area contributed by atoms with Crippen molar-refractivity contribution in [3.05, 3.63) is 26.5 Å². The summed E-state index contributed by atoms with van der Waals surface area (Å²) in [4.78, 5) is 15.6. The standard InChI is InChI=1S/C14H17Cl2IN2O2Si/c1-22(2,3)5-4-21-8-19-11(17)6-9-12(15)10(13(16)20)7-18-14(9)19/h6-7H,4-5,8H2,1-3H3. The van der Waals surface area contributed by atoms with Gasteiger partial charge < -0.3 is 4.74 Å². The van der Waals surface area contributed by atoms with E-state index in [-0.39, 0.29) is 5.56 Å². The molecule has 2 aromatic heterocycles. The molecular weight excluding hydrogens is 454 g/mol. The summed E-state index contributed by atoms with van der Waals surface area (Å²) in [5, 5.41) is 0.448. The highest BCUT2D eigenvalue weighted by atomic mass is 127. The van der Waals surface area contributed by atoms with Crippen LogP contribution in [-0.2, 0) is 11.5 Å². The molecule has 2 heterocycles. The second-order valence-electron chi connectivity index (χ2n) is 6.24. The maximum absolute atomic E-state index is 11.3. The Balaban J connectivity index is 2.22. The minimum atomic E-state index is -1.10. The first-order valence-corrected chi connectivity index (χ1v) is 12.4. The van der Waals surface area contributed by atoms with Gasteiger partial charge in [-0.15, -0.1) is 0 Å². The van der Waals surface area contributed by atoms with Gasteiger partial charge in [0, 0.05) is 26.3 Å². The van der Waals surface area contributed by atoms with Gasteiger partial charge in [0.25, 0.3) is 5.24 Å². The summed E-state index contributed by atoms with van der Waals surface area (Å²) >= 11 is 14.0. The normalized spacial score (nSPS) is 12.1. The van der Waals surface area contributed by atoms with Crippen LogP contribution >= 0.6 is 45.8 Å². The number of rotatable bonds is 6. The van der Waals surface area contributed by atoms with Crippen molar-refractivity contribution in [2.75, 3.05) is 6.61 Å². The van der Waals surface area contributed by atoms with Crippen LogP contribution in [0.25, 0.3) is 11.0 Å². The molecule has 0 atom stereocenters. The average Bonchev–Trinajstić information content (AvgIpc) is 2.71. The summed E-state index contributed by atoms with van der Waals surface area (Å²) in [6.45, 7) is 8.10. The first-order chi connectivity index (χ1) is 10.2. The van der Waals surface area contributed by atoms with Crippen LogP contribution in [0.2, 0.25) is 30.7 Å². The molecular formula is C14H17Cl2IN2O2Si. The van der Waals surface area contributed by atoms with Crippen LogP contribution in [0.1, 0.15) is 10.4 Å². The van der Waals surface area contributed by atoms with Crippen LogP contribution in [0.5, 0.6) is 0 Å². The Morgan fingerprint density at radius 2 is 2.14 bits per heavy atom. The van der Waals surface area contributed by atoms with E-state index in [2.05, 4.69) is 47.2 Å². The number of aromatic nitrogens is 2. The maximum Gasteiger partial charge on any atom is 0.255 e. The van der Waals surface area contributed by atoms with Crippen molar-refractivity contribution in [2.24, 2.45) is 0 Å². The number of ether oxygens (including phenoxy) is 1. The summed E-state index contributed by atoms with van der Waals surface area (Å²) < 4.78 is 8.67. The van der Waals surface area contributed by atoms with Crippen LogP contribution < -0.4 is 0 Å². The lowest BCUT2D eigenvalue weighted by atomic mass is 10.2. The number of pyridine rings is 1. The molecule has 0 amide bonds. The smallest absolute Gasteiger partial charge is 0.255 e. The second-order valence-corrected chi connectivity index (χ2v) is 13.7. The fraction of sp³-hybridized carbons (Fsp3) is 0.429. The van der Waals surface area contributed by atoms with Crippen LogP contribution in [0, 0.1) is 3.70 Å². The number of halogens is 3. The van der Waals surface area contributed by atoms with Gasteiger partial charge in [-0.3, -0.25) is 9.36 Å². The molecule has 8 heteroatoms. The zero-order valence-corrected chi connectivity index (χ0v) is 17.3. The van der Waals surface area contributed by atoms with Crippen LogP contribution in [0.3, 0.4) is 0 Å². The molecule has 0 bridgehead atoms. The number of hydrogen-bond donors (Lipinski definition) is 0. The first kappa shape index (κ1) is 18.2. The van der Waals surface area contributed by atoms with E-state index in [1.165, 1.54) is 6.20 Å². The molecule has 22 heavy (non-hydrogen) atoms. The largest absolute Gasteiger partial charge is 0.361 e. The van der Waals surface area contributed by atoms with Gasteiger partial charge in [0.05, 0.1) is 14.3 Å². The van der Waals surface area contributed by atoms with E-state index in [1.807, 2.05) is 10.6 Å². The first-order valence-electron chi connectivity index (χ1n) is 6.81. The number of nitrogens with zero attached hydrogens (tertiary/aromatic N) is 2. The highest BCUT2D eigenvalue weighted by Crippen LogP contribution is 2.30. The Bertz CT molecular complexity index is 713. The van der Waals surface area contributed by atoms with Gasteiger partial charge in [-0.25, -0.2) is 4.98 Å². The van der Waals surface area contributed by atoms with E-state index in [1.54, 1.807) is 0 Å². The summed E-state index contributed by atoms with van der Waals surface area (Å²) in [5.74, 6) is 0. The third-order valence-corrected chi connectivity index (χ3v) is 6.44. The maximum atomic E-state index is 11.3. The van der Waals surface area contributed by atoms with E-state index >= 15 is 0 Å². The lowest BCUT2D eigenvalue weighted by Gasteiger charge is -2.16. The van der Waals surface area contributed by atoms with E-state index in [9.17, 15) is 4.79 Å². The Hall–Kier alpha value is -0.153. The molecule has 0 radical (unpaired) electrons. The van der Waals surface area contributed by atoms with Gasteiger partial charge in [-0.2, -0.15) is 0 Å². The van der Waals surface area contributed by atoms with Crippen molar-refractivity contribution in [1.82, 2.24) is 9.55 Å². The molecule has 0 aromatic carbocycles. The number of fused-ring (bicyclic) bond motifs is 1. The molecule has 0 saturated carbocycles. The fourth-order valence-corrected chi connectivity index (χ4v) is 3.83. The monoisotopic (exact) mass is 470 g/mol. The summed E-state index contributed by atoms with van der Waals surface area (Å²) in [6, 6.07) is 3.00. The fourth-order valence-electron chi connectivity index (χ4n) is 1.93. The highest BCUT2D eigenvalue weighted by Gasteiger charge is 2.17. The van der Waals surface area contributed by atoms with Crippen LogP contribution in [-0.4, -0.2) is 29.5 Å². The van der Waals surface area contributed by atoms with Gasteiger partial charge in [-0.1, -0.05) is 31.2 Å². The molecule has 0 unspecified atom stereocenters. The summed E-state index contributed by atoms with van der Waals surface area (Å²) in [7, 11) is -1.10. The lowest BCUT2D eigenvalue weighted by molar-refractivity contribution is 0.0883. The van der Waals surface area contributed by atoms with Crippen molar-refractivity contribution in [3.8, 4) is 0 Å². The van der Waals surface area contributed by atoms with E-state index in [4.69, 9.17) is 27.9 Å². The van der Waals surface area contributed by atoms with Gasteiger partial charge in [-0.05, 0) is 46.3 Å². The molecule has 0 aliphatic carbocycles. The Kier molecular flexibility index (Phi) is 5.93. The minimum Gasteiger partial charge on any atom is -0.361 e. The topological polar surface area (TPSA) is 44.1 Å². The minimum absolute atomic E-state index is 0.226. The Morgan fingerprint density at radius 1 is 1.45 bits per heavy atom. The third kappa shape index (κ3) is 4.23. The molecule has 0 fully saturated rings. The summed E-state index contributed by atoms with van der Waals surface area (Å²) in [6.07, 6.45) is 1.41. The van der Waals surface area contributed by atoms with Gasteiger partial charge in [0.1, 0.15) is 12.4 Å². The third-order valence-electron chi connectivity index (χ3n) is 3.24. The molecule has 0 aliphatic rings. The molecule has 0 saturated heterocycles. The van der Waals surface area contributed by atoms with Gasteiger partial charge >= 0.3 is 0 Å². The zero-order valence-electron chi connectivity index (χ0n) is 12.6. The Morgan fingerprint density at radius 3 is 2.73 bits per heavy atom. The van der Waals surface area contributed by atoms with Crippen LogP contribution in [0.4, 0.5) is 0 Å². The second kappa shape index (κ2) is 7.17. The molecule has 0 spiro atoms. The highest BCUT2D eigenvalue weighted by molar-refractivity contribution is 14.1. The predicted octanol–water partition coefficient (Wildman–Crippen LogP) is 4.99. The zero-order chi connectivity index (χ0) is 16.5. The molecule has 2 rings (SSSR count). The molecule has 0 N–H and O–H groups in total. The number of hydrogen-bond acceptors (Lipinski definition) is 3. The number of carbonyl (C=O) groups excluding carboxylic acids is 1. The van der Waals surface area contributed by atoms with Crippen molar-refractivity contribution >= 4 is 70.1 Å². The van der Waals surface area contributed by atoms with E-state index < -0.39 is 13.3 Å². The average molecular weight is 471 g/mol. The SMILES string of the molecule is C[Si](C)(C)CCOCn1c(I)cc2c(Cl)c(C(=O)Cl)cnc21. The molecule has 4 nitrogen and oxygen atoms in total. The van der Waals surface area contributed by atoms with Crippen LogP contribution in [0.15, 0.2) is 12.3 Å². The van der Waals surface area contributed by atoms with Crippen molar-refractivity contribution in [3.63, 3.8) is 0 Å². The van der Waals surface area contributed by atoms with Gasteiger partial charge in [0.2, 0.25) is 0 Å². The molecule has 0 aliphatic heterocycles. The van der Waals surface area contributed by atoms with Crippen molar-refractivity contribution in [2.45, 2.75) is 32.4 Å². The van der Waals surface area contributed by atoms with E-state index in [0.717, 1.165) is 16.4 Å². The molecule has 120 valence electrons. The quantitative estimate of drug-likeness (QED) is 0.258. The Labute approximate surface area is 154 Å². The van der Waals surface area contributed by atoms with Crippen molar-refractivity contribution < 1.29 is 9.53 Å². The van der Waals surface area contributed by atoms with Crippen molar-refractivity contribution in [1.29, 1.82) is 0 Å². The summed E-state index contributed by atoms with van der Waals surface area (Å²) in [5.41, 5.74) is 0.924.